The van der Waals surface area contributed by atoms with Gasteiger partial charge in [-0.15, -0.1) is 0 Å². The molecule has 1 aliphatic rings. The normalized spacial score (nSPS) is 28.8. The molecule has 1 fully saturated rings. The van der Waals surface area contributed by atoms with Crippen LogP contribution in [0.5, 0.6) is 0 Å². The minimum Gasteiger partial charge on any atom is -0.314 e. The third kappa shape index (κ3) is 1.70. The van der Waals surface area contributed by atoms with Crippen molar-refractivity contribution in [1.29, 1.82) is 0 Å². The molecule has 1 aliphatic heterocycles. The minimum atomic E-state index is 0.791. The van der Waals surface area contributed by atoms with Crippen LogP contribution in [0.4, 0.5) is 0 Å². The number of hydrogen-bond acceptors (Lipinski definition) is 2. The molecule has 1 atom stereocenters. The van der Waals surface area contributed by atoms with E-state index in [-0.39, 0.29) is 0 Å². The summed E-state index contributed by atoms with van der Waals surface area (Å²) in [6.07, 6.45) is 1.28. The number of nitrogens with zero attached hydrogens (tertiary/aromatic N) is 1. The van der Waals surface area contributed by atoms with E-state index in [0.29, 0.717) is 0 Å². The van der Waals surface area contributed by atoms with Crippen molar-refractivity contribution in [3.05, 3.63) is 0 Å². The highest BCUT2D eigenvalue weighted by Gasteiger charge is 2.17. The predicted molar refractivity (Wildman–Crippen MR) is 44.2 cm³/mol. The van der Waals surface area contributed by atoms with Gasteiger partial charge >= 0.3 is 0 Å². The molecule has 0 spiro atoms. The Morgan fingerprint density at radius 3 is 2.80 bits per heavy atom. The second-order valence-corrected chi connectivity index (χ2v) is 2.89. The van der Waals surface area contributed by atoms with Gasteiger partial charge in [-0.1, -0.05) is 13.8 Å². The van der Waals surface area contributed by atoms with E-state index < -0.39 is 0 Å². The molecule has 0 amide bonds. The number of rotatable bonds is 2. The molecule has 1 saturated heterocycles. The molecular formula is C8H18N2. The maximum atomic E-state index is 3.41. The molecule has 0 aliphatic carbocycles. The summed E-state index contributed by atoms with van der Waals surface area (Å²) < 4.78 is 0. The lowest BCUT2D eigenvalue weighted by Gasteiger charge is -2.34. The van der Waals surface area contributed by atoms with Gasteiger partial charge < -0.3 is 5.32 Å². The molecule has 1 heterocycles. The number of nitrogens with one attached hydrogen (secondary N) is 1. The largest absolute Gasteiger partial charge is 0.314 e. The van der Waals surface area contributed by atoms with Crippen molar-refractivity contribution in [1.82, 2.24) is 10.2 Å². The third-order valence-electron chi connectivity index (χ3n) is 2.35. The molecule has 0 aromatic carbocycles. The molecule has 0 bridgehead atoms. The molecule has 60 valence electrons. The van der Waals surface area contributed by atoms with E-state index in [9.17, 15) is 0 Å². The molecular weight excluding hydrogens is 124 g/mol. The maximum absolute atomic E-state index is 3.41. The summed E-state index contributed by atoms with van der Waals surface area (Å²) in [5.74, 6) is 0. The van der Waals surface area contributed by atoms with Gasteiger partial charge in [-0.05, 0) is 13.0 Å². The molecule has 1 N–H and O–H groups in total. The van der Waals surface area contributed by atoms with Gasteiger partial charge in [0.1, 0.15) is 0 Å². The maximum Gasteiger partial charge on any atom is 0.0218 e. The smallest absolute Gasteiger partial charge is 0.0218 e. The first-order valence-corrected chi connectivity index (χ1v) is 4.33. The average molecular weight is 142 g/mol. The van der Waals surface area contributed by atoms with Crippen LogP contribution in [0.2, 0.25) is 0 Å². The van der Waals surface area contributed by atoms with Crippen LogP contribution in [0.1, 0.15) is 20.3 Å². The van der Waals surface area contributed by atoms with Crippen LogP contribution in [0.25, 0.3) is 0 Å². The Morgan fingerprint density at radius 1 is 1.50 bits per heavy atom. The van der Waals surface area contributed by atoms with Gasteiger partial charge in [0.25, 0.3) is 0 Å². The Bertz CT molecular complexity index is 81.3. The van der Waals surface area contributed by atoms with Crippen molar-refractivity contribution in [2.75, 3.05) is 26.2 Å². The van der Waals surface area contributed by atoms with Crippen LogP contribution < -0.4 is 5.32 Å². The Kier molecular flexibility index (Phi) is 3.16. The molecule has 2 heteroatoms. The van der Waals surface area contributed by atoms with Crippen LogP contribution in [0.3, 0.4) is 0 Å². The summed E-state index contributed by atoms with van der Waals surface area (Å²) in [7, 11) is 0. The predicted octanol–water partition coefficient (Wildman–Crippen LogP) is 0.690. The quantitative estimate of drug-likeness (QED) is 0.610. The number of likely N-dealkylation sites (N-methyl/N-ethyl adjacent to an activating group) is 1. The van der Waals surface area contributed by atoms with E-state index in [1.807, 2.05) is 0 Å². The summed E-state index contributed by atoms with van der Waals surface area (Å²) in [5, 5.41) is 3.41. The molecule has 0 aromatic heterocycles. The Hall–Kier alpha value is -0.0800. The summed E-state index contributed by atoms with van der Waals surface area (Å²) in [6, 6.07) is 0.791. The van der Waals surface area contributed by atoms with Crippen molar-refractivity contribution in [3.63, 3.8) is 0 Å². The summed E-state index contributed by atoms with van der Waals surface area (Å²) >= 11 is 0. The monoisotopic (exact) mass is 142 g/mol. The number of piperazine rings is 1. The van der Waals surface area contributed by atoms with Gasteiger partial charge in [0.15, 0.2) is 0 Å². The summed E-state index contributed by atoms with van der Waals surface area (Å²) in [5.41, 5.74) is 0. The van der Waals surface area contributed by atoms with Crippen LogP contribution in [0, 0.1) is 0 Å². The Labute approximate surface area is 63.6 Å². The lowest BCUT2D eigenvalue weighted by molar-refractivity contribution is 0.165. The Morgan fingerprint density at radius 2 is 2.30 bits per heavy atom. The van der Waals surface area contributed by atoms with Crippen LogP contribution in [0.15, 0.2) is 0 Å². The average Bonchev–Trinajstić information content (AvgIpc) is 2.04. The van der Waals surface area contributed by atoms with E-state index in [0.717, 1.165) is 6.04 Å². The SMILES string of the molecule is CC[C@@H]1CNCCN1CC. The fourth-order valence-electron chi connectivity index (χ4n) is 1.62. The van der Waals surface area contributed by atoms with E-state index >= 15 is 0 Å². The molecule has 0 unspecified atom stereocenters. The third-order valence-corrected chi connectivity index (χ3v) is 2.35. The highest BCUT2D eigenvalue weighted by molar-refractivity contribution is 4.77. The zero-order valence-electron chi connectivity index (χ0n) is 7.06. The van der Waals surface area contributed by atoms with Crippen molar-refractivity contribution < 1.29 is 0 Å². The molecule has 1 rings (SSSR count). The molecule has 2 nitrogen and oxygen atoms in total. The minimum absolute atomic E-state index is 0.791. The van der Waals surface area contributed by atoms with E-state index in [1.165, 1.54) is 32.6 Å². The van der Waals surface area contributed by atoms with Crippen molar-refractivity contribution in [2.45, 2.75) is 26.3 Å². The second-order valence-electron chi connectivity index (χ2n) is 2.89. The number of hydrogen-bond donors (Lipinski definition) is 1. The fraction of sp³-hybridized carbons (Fsp3) is 1.00. The highest BCUT2D eigenvalue weighted by Crippen LogP contribution is 2.05. The Balaban J connectivity index is 2.34. The van der Waals surface area contributed by atoms with Crippen molar-refractivity contribution >= 4 is 0 Å². The second kappa shape index (κ2) is 3.94. The highest BCUT2D eigenvalue weighted by atomic mass is 15.2. The van der Waals surface area contributed by atoms with E-state index in [1.54, 1.807) is 0 Å². The molecule has 0 aromatic rings. The zero-order valence-corrected chi connectivity index (χ0v) is 7.06. The first kappa shape index (κ1) is 8.02. The summed E-state index contributed by atoms with van der Waals surface area (Å²) in [4.78, 5) is 2.55. The van der Waals surface area contributed by atoms with Gasteiger partial charge in [0, 0.05) is 25.7 Å². The van der Waals surface area contributed by atoms with Crippen molar-refractivity contribution in [2.24, 2.45) is 0 Å². The lowest BCUT2D eigenvalue weighted by atomic mass is 10.1. The lowest BCUT2D eigenvalue weighted by Crippen LogP contribution is -2.50. The van der Waals surface area contributed by atoms with Gasteiger partial charge in [-0.3, -0.25) is 4.90 Å². The first-order valence-electron chi connectivity index (χ1n) is 4.33. The van der Waals surface area contributed by atoms with E-state index in [4.69, 9.17) is 0 Å². The molecule has 0 saturated carbocycles. The van der Waals surface area contributed by atoms with Crippen LogP contribution in [-0.2, 0) is 0 Å². The van der Waals surface area contributed by atoms with Crippen LogP contribution in [-0.4, -0.2) is 37.1 Å². The van der Waals surface area contributed by atoms with Gasteiger partial charge in [0.05, 0.1) is 0 Å². The topological polar surface area (TPSA) is 15.3 Å². The zero-order chi connectivity index (χ0) is 7.40. The van der Waals surface area contributed by atoms with Crippen LogP contribution >= 0.6 is 0 Å². The van der Waals surface area contributed by atoms with Crippen molar-refractivity contribution in [3.8, 4) is 0 Å². The molecule has 0 radical (unpaired) electrons. The first-order chi connectivity index (χ1) is 4.88. The van der Waals surface area contributed by atoms with Gasteiger partial charge in [0.2, 0.25) is 0 Å². The summed E-state index contributed by atoms with van der Waals surface area (Å²) in [6.45, 7) is 9.30. The molecule has 10 heavy (non-hydrogen) atoms. The van der Waals surface area contributed by atoms with Gasteiger partial charge in [-0.2, -0.15) is 0 Å². The fourth-order valence-corrected chi connectivity index (χ4v) is 1.62. The standard InChI is InChI=1S/C8H18N2/c1-3-8-7-9-5-6-10(8)4-2/h8-9H,3-7H2,1-2H3/t8-/m1/s1. The van der Waals surface area contributed by atoms with Gasteiger partial charge in [-0.25, -0.2) is 0 Å². The van der Waals surface area contributed by atoms with E-state index in [2.05, 4.69) is 24.1 Å².